The molecule has 0 saturated carbocycles. The number of hydrogen-bond donors (Lipinski definition) is 0. The van der Waals surface area contributed by atoms with E-state index >= 15 is 0 Å². The van der Waals surface area contributed by atoms with Gasteiger partial charge in [0.25, 0.3) is 0 Å². The van der Waals surface area contributed by atoms with Crippen molar-refractivity contribution < 1.29 is 14.0 Å². The first-order chi connectivity index (χ1) is 7.30. The molecule has 0 amide bonds. The largest absolute Gasteiger partial charge is 0.453 e. The van der Waals surface area contributed by atoms with E-state index in [2.05, 4.69) is 0 Å². The molecule has 0 radical (unpaired) electrons. The third-order valence-electron chi connectivity index (χ3n) is 2.44. The molecule has 1 heterocycles. The van der Waals surface area contributed by atoms with Gasteiger partial charge in [-0.25, -0.2) is 0 Å². The van der Waals surface area contributed by atoms with E-state index in [9.17, 15) is 9.59 Å². The van der Waals surface area contributed by atoms with Gasteiger partial charge in [-0.3, -0.25) is 9.59 Å². The van der Waals surface area contributed by atoms with Crippen LogP contribution < -0.4 is 0 Å². The first-order valence-corrected chi connectivity index (χ1v) is 4.76. The van der Waals surface area contributed by atoms with Crippen molar-refractivity contribution in [2.45, 2.75) is 13.3 Å². The fraction of sp³-hybridized carbons (Fsp3) is 0.167. The average Bonchev–Trinajstić information content (AvgIpc) is 2.65. The van der Waals surface area contributed by atoms with E-state index in [-0.39, 0.29) is 0 Å². The Bertz CT molecular complexity index is 523. The van der Waals surface area contributed by atoms with Crippen LogP contribution in [0.1, 0.15) is 33.4 Å². The number of furan rings is 1. The molecule has 0 fully saturated rings. The van der Waals surface area contributed by atoms with Gasteiger partial charge in [-0.15, -0.1) is 0 Å². The number of fused-ring (bicyclic) bond motifs is 1. The van der Waals surface area contributed by atoms with Crippen molar-refractivity contribution in [2.24, 2.45) is 0 Å². The van der Waals surface area contributed by atoms with Crippen molar-refractivity contribution in [3.8, 4) is 0 Å². The summed E-state index contributed by atoms with van der Waals surface area (Å²) in [5.74, 6) is 0.357. The molecule has 0 spiro atoms. The van der Waals surface area contributed by atoms with Crippen molar-refractivity contribution in [3.05, 3.63) is 35.1 Å². The number of aryl methyl sites for hydroxylation is 1. The lowest BCUT2D eigenvalue weighted by atomic mass is 10.1. The van der Waals surface area contributed by atoms with Crippen molar-refractivity contribution >= 4 is 23.5 Å². The minimum absolute atomic E-state index is 0.357. The van der Waals surface area contributed by atoms with Crippen LogP contribution in [0.4, 0.5) is 0 Å². The Hall–Kier alpha value is -1.90. The fourth-order valence-electron chi connectivity index (χ4n) is 1.72. The Morgan fingerprint density at radius 1 is 1.27 bits per heavy atom. The molecule has 0 aliphatic heterocycles. The van der Waals surface area contributed by atoms with Gasteiger partial charge in [-0.1, -0.05) is 6.92 Å². The zero-order valence-electron chi connectivity index (χ0n) is 8.32. The summed E-state index contributed by atoms with van der Waals surface area (Å²) >= 11 is 0. The summed E-state index contributed by atoms with van der Waals surface area (Å²) in [6.45, 7) is 1.95. The molecule has 76 valence electrons. The second-order valence-corrected chi connectivity index (χ2v) is 3.29. The van der Waals surface area contributed by atoms with E-state index in [4.69, 9.17) is 4.42 Å². The summed E-state index contributed by atoms with van der Waals surface area (Å²) < 4.78 is 5.35. The van der Waals surface area contributed by atoms with E-state index < -0.39 is 0 Å². The molecule has 0 N–H and O–H groups in total. The lowest BCUT2D eigenvalue weighted by molar-refractivity contribution is 0.109. The molecule has 0 bridgehead atoms. The van der Waals surface area contributed by atoms with Gasteiger partial charge in [-0.2, -0.15) is 0 Å². The van der Waals surface area contributed by atoms with Crippen LogP contribution in [0.15, 0.2) is 22.6 Å². The Labute approximate surface area is 86.7 Å². The number of benzene rings is 1. The van der Waals surface area contributed by atoms with Gasteiger partial charge >= 0.3 is 0 Å². The lowest BCUT2D eigenvalue weighted by Gasteiger charge is -1.93. The first-order valence-electron chi connectivity index (χ1n) is 4.76. The van der Waals surface area contributed by atoms with E-state index in [1.807, 2.05) is 6.92 Å². The van der Waals surface area contributed by atoms with Gasteiger partial charge in [-0.05, 0) is 24.6 Å². The smallest absolute Gasteiger partial charge is 0.185 e. The number of carbonyl (C=O) groups is 2. The average molecular weight is 202 g/mol. The van der Waals surface area contributed by atoms with Crippen molar-refractivity contribution in [1.82, 2.24) is 0 Å². The van der Waals surface area contributed by atoms with Crippen molar-refractivity contribution in [2.75, 3.05) is 0 Å². The number of hydrogen-bond acceptors (Lipinski definition) is 3. The molecule has 1 aromatic carbocycles. The maximum atomic E-state index is 10.7. The molecule has 0 atom stereocenters. The van der Waals surface area contributed by atoms with Gasteiger partial charge < -0.3 is 4.42 Å². The minimum Gasteiger partial charge on any atom is -0.453 e. The molecule has 0 unspecified atom stereocenters. The van der Waals surface area contributed by atoms with Crippen molar-refractivity contribution in [3.63, 3.8) is 0 Å². The van der Waals surface area contributed by atoms with Crippen LogP contribution in [-0.4, -0.2) is 12.6 Å². The van der Waals surface area contributed by atoms with Crippen LogP contribution >= 0.6 is 0 Å². The number of carbonyl (C=O) groups excluding carboxylic acids is 2. The zero-order chi connectivity index (χ0) is 10.8. The molecule has 2 aromatic rings. The summed E-state index contributed by atoms with van der Waals surface area (Å²) in [6, 6.07) is 5.13. The summed E-state index contributed by atoms with van der Waals surface area (Å²) in [4.78, 5) is 21.4. The van der Waals surface area contributed by atoms with Gasteiger partial charge in [0.05, 0.1) is 0 Å². The second-order valence-electron chi connectivity index (χ2n) is 3.29. The summed E-state index contributed by atoms with van der Waals surface area (Å²) in [7, 11) is 0. The third kappa shape index (κ3) is 1.46. The summed E-state index contributed by atoms with van der Waals surface area (Å²) in [5.41, 5.74) is 2.11. The van der Waals surface area contributed by atoms with Gasteiger partial charge in [0.2, 0.25) is 0 Å². The van der Waals surface area contributed by atoms with Crippen LogP contribution in [-0.2, 0) is 6.42 Å². The van der Waals surface area contributed by atoms with Crippen LogP contribution in [0, 0.1) is 0 Å². The molecule has 0 aliphatic carbocycles. The lowest BCUT2D eigenvalue weighted by Crippen LogP contribution is -1.85. The Kier molecular flexibility index (Phi) is 2.37. The molecular formula is C12H10O3. The SMILES string of the molecule is CCc1c(C=O)oc2ccc(C=O)cc12. The Morgan fingerprint density at radius 2 is 2.07 bits per heavy atom. The van der Waals surface area contributed by atoms with E-state index in [1.54, 1.807) is 18.2 Å². The monoisotopic (exact) mass is 202 g/mol. The predicted octanol–water partition coefficient (Wildman–Crippen LogP) is 2.62. The highest BCUT2D eigenvalue weighted by Gasteiger charge is 2.11. The quantitative estimate of drug-likeness (QED) is 0.719. The number of rotatable bonds is 3. The zero-order valence-corrected chi connectivity index (χ0v) is 8.32. The predicted molar refractivity (Wildman–Crippen MR) is 56.4 cm³/mol. The molecule has 0 saturated heterocycles. The van der Waals surface area contributed by atoms with Crippen LogP contribution in [0.2, 0.25) is 0 Å². The highest BCUT2D eigenvalue weighted by molar-refractivity contribution is 5.93. The fourth-order valence-corrected chi connectivity index (χ4v) is 1.72. The normalized spacial score (nSPS) is 10.5. The van der Waals surface area contributed by atoms with Gasteiger partial charge in [0.1, 0.15) is 11.9 Å². The summed E-state index contributed by atoms with van der Waals surface area (Å²) in [6.07, 6.45) is 2.20. The minimum atomic E-state index is 0.357. The van der Waals surface area contributed by atoms with Crippen LogP contribution in [0.3, 0.4) is 0 Å². The van der Waals surface area contributed by atoms with E-state index in [0.717, 1.165) is 17.2 Å². The second kappa shape index (κ2) is 3.69. The molecule has 3 heteroatoms. The maximum Gasteiger partial charge on any atom is 0.185 e. The molecule has 3 nitrogen and oxygen atoms in total. The van der Waals surface area contributed by atoms with Crippen molar-refractivity contribution in [1.29, 1.82) is 0 Å². The van der Waals surface area contributed by atoms with E-state index in [0.29, 0.717) is 29.6 Å². The molecule has 15 heavy (non-hydrogen) atoms. The van der Waals surface area contributed by atoms with Crippen LogP contribution in [0.5, 0.6) is 0 Å². The highest BCUT2D eigenvalue weighted by Crippen LogP contribution is 2.26. The van der Waals surface area contributed by atoms with E-state index in [1.165, 1.54) is 0 Å². The molecular weight excluding hydrogens is 192 g/mol. The summed E-state index contributed by atoms with van der Waals surface area (Å²) in [5, 5.41) is 0.851. The molecule has 0 aliphatic rings. The highest BCUT2D eigenvalue weighted by atomic mass is 16.3. The molecule has 2 rings (SSSR count). The first kappa shape index (κ1) is 9.65. The molecule has 1 aromatic heterocycles. The maximum absolute atomic E-state index is 10.7. The standard InChI is InChI=1S/C12H10O3/c1-2-9-10-5-8(6-13)3-4-11(10)15-12(9)7-14/h3-7H,2H2,1H3. The third-order valence-corrected chi connectivity index (χ3v) is 2.44. The topological polar surface area (TPSA) is 47.3 Å². The number of aldehydes is 2. The van der Waals surface area contributed by atoms with Crippen LogP contribution in [0.25, 0.3) is 11.0 Å². The Morgan fingerprint density at radius 3 is 2.67 bits per heavy atom. The Balaban J connectivity index is 2.78. The van der Waals surface area contributed by atoms with Gasteiger partial charge in [0, 0.05) is 16.5 Å². The van der Waals surface area contributed by atoms with Gasteiger partial charge in [0.15, 0.2) is 12.0 Å².